The normalized spacial score (nSPS) is 10.3. The number of hydrogen-bond donors (Lipinski definition) is 2. The second kappa shape index (κ2) is 10.6. The maximum absolute atomic E-state index is 12.2. The summed E-state index contributed by atoms with van der Waals surface area (Å²) < 4.78 is 11.3. The van der Waals surface area contributed by atoms with Gasteiger partial charge < -0.3 is 20.1 Å². The van der Waals surface area contributed by atoms with Crippen molar-refractivity contribution in [2.75, 3.05) is 25.1 Å². The first-order valence-corrected chi connectivity index (χ1v) is 9.17. The summed E-state index contributed by atoms with van der Waals surface area (Å²) in [4.78, 5) is 12.2. The van der Waals surface area contributed by atoms with Gasteiger partial charge in [0.25, 0.3) is 5.91 Å². The Hall–Kier alpha value is -2.50. The van der Waals surface area contributed by atoms with Crippen molar-refractivity contribution in [3.05, 3.63) is 65.2 Å². The molecule has 144 valence electrons. The highest BCUT2D eigenvalue weighted by atomic mass is 35.5. The first-order valence-electron chi connectivity index (χ1n) is 8.79. The SMILES string of the molecule is C=CCNCc1cc(Cl)c(OCC(=O)Nc2ccc(C)cc2)c(OCC)c1. The topological polar surface area (TPSA) is 59.6 Å². The van der Waals surface area contributed by atoms with Gasteiger partial charge in [-0.25, -0.2) is 0 Å². The molecular weight excluding hydrogens is 364 g/mol. The molecule has 27 heavy (non-hydrogen) atoms. The number of hydrogen-bond acceptors (Lipinski definition) is 4. The molecule has 5 nitrogen and oxygen atoms in total. The molecule has 2 rings (SSSR count). The molecule has 0 radical (unpaired) electrons. The summed E-state index contributed by atoms with van der Waals surface area (Å²) in [6.07, 6.45) is 1.79. The lowest BCUT2D eigenvalue weighted by atomic mass is 10.2. The number of anilines is 1. The number of carbonyl (C=O) groups is 1. The summed E-state index contributed by atoms with van der Waals surface area (Å²) in [5.74, 6) is 0.614. The third-order valence-electron chi connectivity index (χ3n) is 3.67. The second-order valence-corrected chi connectivity index (χ2v) is 6.37. The Morgan fingerprint density at radius 2 is 1.96 bits per heavy atom. The van der Waals surface area contributed by atoms with Crippen LogP contribution in [0.1, 0.15) is 18.1 Å². The lowest BCUT2D eigenvalue weighted by Crippen LogP contribution is -2.20. The van der Waals surface area contributed by atoms with Crippen LogP contribution in [0, 0.1) is 6.92 Å². The molecule has 2 aromatic carbocycles. The Morgan fingerprint density at radius 1 is 1.22 bits per heavy atom. The number of amides is 1. The summed E-state index contributed by atoms with van der Waals surface area (Å²) in [6, 6.07) is 11.2. The third kappa shape index (κ3) is 6.62. The van der Waals surface area contributed by atoms with Crippen LogP contribution in [0.2, 0.25) is 5.02 Å². The van der Waals surface area contributed by atoms with Crippen molar-refractivity contribution in [2.24, 2.45) is 0 Å². The fraction of sp³-hybridized carbons (Fsp3) is 0.286. The highest BCUT2D eigenvalue weighted by Gasteiger charge is 2.14. The monoisotopic (exact) mass is 388 g/mol. The van der Waals surface area contributed by atoms with Crippen LogP contribution in [-0.4, -0.2) is 25.7 Å². The zero-order valence-corrected chi connectivity index (χ0v) is 16.4. The van der Waals surface area contributed by atoms with Crippen molar-refractivity contribution in [1.82, 2.24) is 5.32 Å². The summed E-state index contributed by atoms with van der Waals surface area (Å²) >= 11 is 6.36. The van der Waals surface area contributed by atoms with Crippen molar-refractivity contribution in [2.45, 2.75) is 20.4 Å². The molecule has 0 fully saturated rings. The van der Waals surface area contributed by atoms with Gasteiger partial charge in [-0.3, -0.25) is 4.79 Å². The summed E-state index contributed by atoms with van der Waals surface area (Å²) in [5.41, 5.74) is 2.80. The molecule has 0 saturated carbocycles. The Morgan fingerprint density at radius 3 is 2.63 bits per heavy atom. The van der Waals surface area contributed by atoms with Crippen molar-refractivity contribution in [3.63, 3.8) is 0 Å². The van der Waals surface area contributed by atoms with E-state index in [1.165, 1.54) is 0 Å². The first-order chi connectivity index (χ1) is 13.0. The van der Waals surface area contributed by atoms with Gasteiger partial charge in [0.15, 0.2) is 18.1 Å². The van der Waals surface area contributed by atoms with Gasteiger partial charge in [0.1, 0.15) is 0 Å². The maximum atomic E-state index is 12.2. The zero-order valence-electron chi connectivity index (χ0n) is 15.7. The van der Waals surface area contributed by atoms with Gasteiger partial charge in [-0.2, -0.15) is 0 Å². The molecule has 1 amide bonds. The average Bonchev–Trinajstić information content (AvgIpc) is 2.63. The van der Waals surface area contributed by atoms with Gasteiger partial charge in [-0.05, 0) is 43.7 Å². The first kappa shape index (κ1) is 20.8. The molecule has 0 spiro atoms. The van der Waals surface area contributed by atoms with Crippen molar-refractivity contribution < 1.29 is 14.3 Å². The predicted octanol–water partition coefficient (Wildman–Crippen LogP) is 4.34. The van der Waals surface area contributed by atoms with Crippen LogP contribution >= 0.6 is 11.6 Å². The van der Waals surface area contributed by atoms with Gasteiger partial charge >= 0.3 is 0 Å². The molecule has 0 atom stereocenters. The van der Waals surface area contributed by atoms with Crippen molar-refractivity contribution in [3.8, 4) is 11.5 Å². The molecule has 0 aliphatic heterocycles. The highest BCUT2D eigenvalue weighted by Crippen LogP contribution is 2.36. The van der Waals surface area contributed by atoms with Gasteiger partial charge in [0.05, 0.1) is 11.6 Å². The van der Waals surface area contributed by atoms with Crippen LogP contribution in [0.4, 0.5) is 5.69 Å². The fourth-order valence-corrected chi connectivity index (χ4v) is 2.70. The van der Waals surface area contributed by atoms with E-state index in [0.29, 0.717) is 41.9 Å². The molecule has 0 aliphatic carbocycles. The standard InChI is InChI=1S/C21H25ClN2O3/c1-4-10-23-13-16-11-18(22)21(19(12-16)26-5-2)27-14-20(25)24-17-8-6-15(3)7-9-17/h4,6-9,11-12,23H,1,5,10,13-14H2,2-3H3,(H,24,25). The number of carbonyl (C=O) groups excluding carboxylic acids is 1. The Kier molecular flexibility index (Phi) is 8.17. The minimum Gasteiger partial charge on any atom is -0.490 e. The molecule has 2 aromatic rings. The number of rotatable bonds is 10. The number of nitrogens with one attached hydrogen (secondary N) is 2. The van der Waals surface area contributed by atoms with E-state index >= 15 is 0 Å². The minimum atomic E-state index is -0.269. The van der Waals surface area contributed by atoms with Gasteiger partial charge in [-0.15, -0.1) is 6.58 Å². The molecule has 0 aliphatic rings. The fourth-order valence-electron chi connectivity index (χ4n) is 2.42. The molecule has 2 N–H and O–H groups in total. The van der Waals surface area contributed by atoms with Crippen LogP contribution in [0.25, 0.3) is 0 Å². The second-order valence-electron chi connectivity index (χ2n) is 5.96. The Bertz CT molecular complexity index is 776. The summed E-state index contributed by atoms with van der Waals surface area (Å²) in [6.45, 7) is 9.16. The van der Waals surface area contributed by atoms with E-state index in [1.807, 2.05) is 44.2 Å². The summed E-state index contributed by atoms with van der Waals surface area (Å²) in [5, 5.41) is 6.40. The van der Waals surface area contributed by atoms with E-state index in [0.717, 1.165) is 11.1 Å². The quantitative estimate of drug-likeness (QED) is 0.469. The Balaban J connectivity index is 2.03. The van der Waals surface area contributed by atoms with E-state index in [-0.39, 0.29) is 12.5 Å². The predicted molar refractivity (Wildman–Crippen MR) is 110 cm³/mol. The summed E-state index contributed by atoms with van der Waals surface area (Å²) in [7, 11) is 0. The third-order valence-corrected chi connectivity index (χ3v) is 3.95. The minimum absolute atomic E-state index is 0.165. The van der Waals surface area contributed by atoms with E-state index in [2.05, 4.69) is 17.2 Å². The van der Waals surface area contributed by atoms with Crippen LogP contribution < -0.4 is 20.1 Å². The number of halogens is 1. The maximum Gasteiger partial charge on any atom is 0.262 e. The molecular formula is C21H25ClN2O3. The number of benzene rings is 2. The molecule has 6 heteroatoms. The van der Waals surface area contributed by atoms with Crippen LogP contribution in [0.3, 0.4) is 0 Å². The van der Waals surface area contributed by atoms with Crippen LogP contribution in [0.5, 0.6) is 11.5 Å². The average molecular weight is 389 g/mol. The lowest BCUT2D eigenvalue weighted by molar-refractivity contribution is -0.118. The number of ether oxygens (including phenoxy) is 2. The molecule has 0 bridgehead atoms. The Labute approximate surface area is 165 Å². The largest absolute Gasteiger partial charge is 0.490 e. The van der Waals surface area contributed by atoms with E-state index in [1.54, 1.807) is 12.1 Å². The lowest BCUT2D eigenvalue weighted by Gasteiger charge is -2.15. The van der Waals surface area contributed by atoms with Crippen molar-refractivity contribution >= 4 is 23.2 Å². The van der Waals surface area contributed by atoms with Crippen molar-refractivity contribution in [1.29, 1.82) is 0 Å². The van der Waals surface area contributed by atoms with Gasteiger partial charge in [0.2, 0.25) is 0 Å². The smallest absolute Gasteiger partial charge is 0.262 e. The van der Waals surface area contributed by atoms with E-state index in [9.17, 15) is 4.79 Å². The van der Waals surface area contributed by atoms with Crippen LogP contribution in [0.15, 0.2) is 49.1 Å². The number of aryl methyl sites for hydroxylation is 1. The molecule has 0 aromatic heterocycles. The van der Waals surface area contributed by atoms with Crippen LogP contribution in [-0.2, 0) is 11.3 Å². The molecule has 0 heterocycles. The molecule has 0 unspecified atom stereocenters. The molecule has 0 saturated heterocycles. The zero-order chi connectivity index (χ0) is 19.6. The van der Waals surface area contributed by atoms with E-state index < -0.39 is 0 Å². The van der Waals surface area contributed by atoms with Gasteiger partial charge in [0, 0.05) is 18.8 Å². The van der Waals surface area contributed by atoms with Gasteiger partial charge in [-0.1, -0.05) is 35.4 Å². The van der Waals surface area contributed by atoms with E-state index in [4.69, 9.17) is 21.1 Å². The highest BCUT2D eigenvalue weighted by molar-refractivity contribution is 6.32.